The largest absolute Gasteiger partial charge is 0.356 e. The van der Waals surface area contributed by atoms with Crippen LogP contribution < -0.4 is 21.3 Å². The molecule has 7 nitrogen and oxygen atoms in total. The van der Waals surface area contributed by atoms with E-state index >= 15 is 0 Å². The van der Waals surface area contributed by atoms with Crippen molar-refractivity contribution >= 4 is 29.6 Å². The number of nitrogens with one attached hydrogen (secondary N) is 4. The molecule has 4 N–H and O–H groups in total. The fourth-order valence-electron chi connectivity index (χ4n) is 3.70. The molecule has 8 heteroatoms. The van der Waals surface area contributed by atoms with E-state index in [1.807, 2.05) is 11.8 Å². The van der Waals surface area contributed by atoms with E-state index in [1.165, 1.54) is 0 Å². The summed E-state index contributed by atoms with van der Waals surface area (Å²) >= 11 is 1.91. The SMILES string of the molecule is C#CCNC(=O)CCCCCNC(=O)CCCCC1SC[C@]2(C)NC(=O)N[C@H]12. The van der Waals surface area contributed by atoms with Crippen molar-refractivity contribution in [1.29, 1.82) is 0 Å². The molecule has 156 valence electrons. The van der Waals surface area contributed by atoms with Crippen LogP contribution in [0.5, 0.6) is 0 Å². The molecule has 2 saturated heterocycles. The quantitative estimate of drug-likeness (QED) is 0.224. The van der Waals surface area contributed by atoms with E-state index in [0.29, 0.717) is 24.6 Å². The van der Waals surface area contributed by atoms with Gasteiger partial charge in [-0.15, -0.1) is 6.42 Å². The van der Waals surface area contributed by atoms with Gasteiger partial charge in [-0.25, -0.2) is 4.79 Å². The molecule has 2 aliphatic rings. The van der Waals surface area contributed by atoms with Crippen LogP contribution in [0.25, 0.3) is 0 Å². The van der Waals surface area contributed by atoms with Crippen LogP contribution in [0, 0.1) is 12.3 Å². The molecule has 0 radical (unpaired) electrons. The van der Waals surface area contributed by atoms with Gasteiger partial charge in [0.25, 0.3) is 0 Å². The minimum absolute atomic E-state index is 0.0179. The van der Waals surface area contributed by atoms with Gasteiger partial charge in [0.15, 0.2) is 0 Å². The number of amides is 4. The van der Waals surface area contributed by atoms with Gasteiger partial charge in [0, 0.05) is 30.4 Å². The first-order chi connectivity index (χ1) is 13.4. The van der Waals surface area contributed by atoms with Gasteiger partial charge in [-0.1, -0.05) is 18.8 Å². The Morgan fingerprint density at radius 3 is 2.64 bits per heavy atom. The number of urea groups is 1. The zero-order chi connectivity index (χ0) is 20.4. The number of fused-ring (bicyclic) bond motifs is 1. The summed E-state index contributed by atoms with van der Waals surface area (Å²) in [6, 6.07) is 0.123. The topological polar surface area (TPSA) is 99.3 Å². The van der Waals surface area contributed by atoms with Crippen LogP contribution in [0.15, 0.2) is 0 Å². The van der Waals surface area contributed by atoms with Crippen LogP contribution in [0.2, 0.25) is 0 Å². The normalized spacial score (nSPS) is 25.4. The molecular formula is C20H32N4O3S. The van der Waals surface area contributed by atoms with Gasteiger partial charge in [-0.3, -0.25) is 9.59 Å². The van der Waals surface area contributed by atoms with Gasteiger partial charge < -0.3 is 21.3 Å². The first-order valence-electron chi connectivity index (χ1n) is 10.1. The summed E-state index contributed by atoms with van der Waals surface area (Å²) in [7, 11) is 0. The highest BCUT2D eigenvalue weighted by atomic mass is 32.2. The smallest absolute Gasteiger partial charge is 0.315 e. The Bertz CT molecular complexity index is 607. The Morgan fingerprint density at radius 1 is 1.18 bits per heavy atom. The Labute approximate surface area is 171 Å². The Hall–Kier alpha value is -1.88. The maximum absolute atomic E-state index is 11.9. The van der Waals surface area contributed by atoms with Gasteiger partial charge in [0.2, 0.25) is 11.8 Å². The van der Waals surface area contributed by atoms with Crippen LogP contribution in [-0.4, -0.2) is 53.5 Å². The lowest BCUT2D eigenvalue weighted by molar-refractivity contribution is -0.122. The van der Waals surface area contributed by atoms with E-state index in [2.05, 4.69) is 34.1 Å². The zero-order valence-electron chi connectivity index (χ0n) is 16.6. The Balaban J connectivity index is 1.45. The third kappa shape index (κ3) is 6.93. The first-order valence-corrected chi connectivity index (χ1v) is 11.2. The summed E-state index contributed by atoms with van der Waals surface area (Å²) in [5, 5.41) is 12.1. The predicted molar refractivity (Wildman–Crippen MR) is 112 cm³/mol. The highest BCUT2D eigenvalue weighted by Gasteiger charge is 2.51. The van der Waals surface area contributed by atoms with E-state index in [1.54, 1.807) is 0 Å². The van der Waals surface area contributed by atoms with Crippen molar-refractivity contribution < 1.29 is 14.4 Å². The lowest BCUT2D eigenvalue weighted by Crippen LogP contribution is -2.47. The number of terminal acetylenes is 1. The fourth-order valence-corrected chi connectivity index (χ4v) is 5.41. The third-order valence-corrected chi connectivity index (χ3v) is 6.98. The van der Waals surface area contributed by atoms with Crippen molar-refractivity contribution in [2.75, 3.05) is 18.8 Å². The number of unbranched alkanes of at least 4 members (excludes halogenated alkanes) is 3. The van der Waals surface area contributed by atoms with Gasteiger partial charge in [-0.05, 0) is 32.6 Å². The maximum Gasteiger partial charge on any atom is 0.315 e. The second-order valence-corrected chi connectivity index (χ2v) is 8.96. The standard InChI is InChI=1S/C20H32N4O3S/c1-3-12-21-16(25)10-5-4-8-13-22-17(26)11-7-6-9-15-18-20(2,14-28-15)24-19(27)23-18/h1,15,18H,4-14H2,2H3,(H,21,25)(H,22,26)(H2,23,24,27)/t15?,18-,20+/m1/s1. The Morgan fingerprint density at radius 2 is 1.89 bits per heavy atom. The molecule has 0 aromatic carbocycles. The second kappa shape index (κ2) is 11.2. The van der Waals surface area contributed by atoms with Crippen LogP contribution in [-0.2, 0) is 9.59 Å². The zero-order valence-corrected chi connectivity index (χ0v) is 17.5. The maximum atomic E-state index is 11.9. The van der Waals surface area contributed by atoms with E-state index in [9.17, 15) is 14.4 Å². The van der Waals surface area contributed by atoms with E-state index in [0.717, 1.165) is 44.3 Å². The van der Waals surface area contributed by atoms with Crippen LogP contribution >= 0.6 is 11.8 Å². The molecule has 2 rings (SSSR count). The van der Waals surface area contributed by atoms with Crippen molar-refractivity contribution in [2.24, 2.45) is 0 Å². The molecule has 28 heavy (non-hydrogen) atoms. The first kappa shape index (κ1) is 22.4. The summed E-state index contributed by atoms with van der Waals surface area (Å²) in [4.78, 5) is 34.8. The molecule has 2 fully saturated rings. The predicted octanol–water partition coefficient (Wildman–Crippen LogP) is 1.53. The minimum atomic E-state index is -0.133. The van der Waals surface area contributed by atoms with Crippen molar-refractivity contribution in [3.63, 3.8) is 0 Å². The van der Waals surface area contributed by atoms with Gasteiger partial charge in [0.1, 0.15) is 0 Å². The molecular weight excluding hydrogens is 376 g/mol. The highest BCUT2D eigenvalue weighted by Crippen LogP contribution is 2.39. The summed E-state index contributed by atoms with van der Waals surface area (Å²) in [5.41, 5.74) is -0.133. The molecule has 3 atom stereocenters. The molecule has 0 aliphatic carbocycles. The lowest BCUT2D eigenvalue weighted by Gasteiger charge is -2.23. The van der Waals surface area contributed by atoms with Gasteiger partial charge in [-0.2, -0.15) is 11.8 Å². The van der Waals surface area contributed by atoms with Crippen molar-refractivity contribution in [3.8, 4) is 12.3 Å². The number of carbonyl (C=O) groups is 3. The number of rotatable bonds is 12. The molecule has 0 saturated carbocycles. The van der Waals surface area contributed by atoms with E-state index in [4.69, 9.17) is 6.42 Å². The number of hydrogen-bond donors (Lipinski definition) is 4. The molecule has 0 aromatic rings. The molecule has 1 unspecified atom stereocenters. The van der Waals surface area contributed by atoms with Gasteiger partial charge >= 0.3 is 6.03 Å². The molecule has 2 aliphatic heterocycles. The van der Waals surface area contributed by atoms with Crippen molar-refractivity contribution in [3.05, 3.63) is 0 Å². The minimum Gasteiger partial charge on any atom is -0.356 e. The number of carbonyl (C=O) groups excluding carboxylic acids is 3. The Kier molecular flexibility index (Phi) is 8.97. The summed E-state index contributed by atoms with van der Waals surface area (Å²) in [6.07, 6.45) is 11.5. The summed E-state index contributed by atoms with van der Waals surface area (Å²) in [6.45, 7) is 3.03. The second-order valence-electron chi connectivity index (χ2n) is 7.73. The average molecular weight is 409 g/mol. The monoisotopic (exact) mass is 408 g/mol. The lowest BCUT2D eigenvalue weighted by atomic mass is 9.92. The van der Waals surface area contributed by atoms with Crippen molar-refractivity contribution in [1.82, 2.24) is 21.3 Å². The number of thioether (sulfide) groups is 1. The van der Waals surface area contributed by atoms with Crippen molar-refractivity contribution in [2.45, 2.75) is 75.1 Å². The summed E-state index contributed by atoms with van der Waals surface area (Å²) < 4.78 is 0. The molecule has 0 aromatic heterocycles. The van der Waals surface area contributed by atoms with Gasteiger partial charge in [0.05, 0.1) is 18.1 Å². The molecule has 0 spiro atoms. The highest BCUT2D eigenvalue weighted by molar-refractivity contribution is 8.00. The third-order valence-electron chi connectivity index (χ3n) is 5.27. The van der Waals surface area contributed by atoms with Crippen LogP contribution in [0.3, 0.4) is 0 Å². The fraction of sp³-hybridized carbons (Fsp3) is 0.750. The molecule has 4 amide bonds. The van der Waals surface area contributed by atoms with Crippen LogP contribution in [0.4, 0.5) is 4.79 Å². The van der Waals surface area contributed by atoms with E-state index < -0.39 is 0 Å². The molecule has 2 heterocycles. The number of hydrogen-bond acceptors (Lipinski definition) is 4. The average Bonchev–Trinajstić information content (AvgIpc) is 3.11. The summed E-state index contributed by atoms with van der Waals surface area (Å²) in [5.74, 6) is 3.38. The van der Waals surface area contributed by atoms with E-state index in [-0.39, 0.29) is 36.0 Å². The molecule has 0 bridgehead atoms. The van der Waals surface area contributed by atoms with Crippen LogP contribution in [0.1, 0.15) is 58.3 Å².